The van der Waals surface area contributed by atoms with E-state index >= 15 is 0 Å². The molecule has 6 nitrogen and oxygen atoms in total. The zero-order valence-electron chi connectivity index (χ0n) is 17.6. The summed E-state index contributed by atoms with van der Waals surface area (Å²) in [5, 5.41) is 1.82. The lowest BCUT2D eigenvalue weighted by Crippen LogP contribution is -2.23. The molecule has 4 rings (SSSR count). The molecule has 2 aromatic carbocycles. The number of hydrogen-bond acceptors (Lipinski definition) is 5. The van der Waals surface area contributed by atoms with Crippen LogP contribution in [0.1, 0.15) is 35.8 Å². The number of rotatable bonds is 6. The van der Waals surface area contributed by atoms with E-state index < -0.39 is 17.5 Å². The van der Waals surface area contributed by atoms with Gasteiger partial charge in [-0.05, 0) is 55.0 Å². The van der Waals surface area contributed by atoms with Crippen molar-refractivity contribution in [2.75, 3.05) is 16.3 Å². The molecule has 0 radical (unpaired) electrons. The highest BCUT2D eigenvalue weighted by Gasteiger charge is 2.22. The smallest absolute Gasteiger partial charge is 0.230 e. The highest BCUT2D eigenvalue weighted by atomic mass is 32.1. The van der Waals surface area contributed by atoms with Gasteiger partial charge >= 0.3 is 0 Å². The van der Waals surface area contributed by atoms with Gasteiger partial charge in [0.2, 0.25) is 11.8 Å². The van der Waals surface area contributed by atoms with Crippen LogP contribution < -0.4 is 9.80 Å². The SMILES string of the molecule is CC(=O)N(c1nc(/C=C/C(=O)c2ccc(N3CCCC3=O)cc2)cs1)c1ccc(F)cc1F. The maximum Gasteiger partial charge on any atom is 0.230 e. The van der Waals surface area contributed by atoms with Crippen LogP contribution in [0.25, 0.3) is 6.08 Å². The van der Waals surface area contributed by atoms with Crippen LogP contribution in [0.4, 0.5) is 25.3 Å². The van der Waals surface area contributed by atoms with E-state index in [1.54, 1.807) is 34.5 Å². The highest BCUT2D eigenvalue weighted by Crippen LogP contribution is 2.31. The molecule has 3 aromatic rings. The first kappa shape index (κ1) is 22.5. The first-order valence-electron chi connectivity index (χ1n) is 10.2. The largest absolute Gasteiger partial charge is 0.312 e. The van der Waals surface area contributed by atoms with Gasteiger partial charge < -0.3 is 4.90 Å². The average Bonchev–Trinajstić information content (AvgIpc) is 3.43. The molecule has 0 atom stereocenters. The third kappa shape index (κ3) is 4.88. The molecule has 168 valence electrons. The van der Waals surface area contributed by atoms with Crippen molar-refractivity contribution in [1.82, 2.24) is 4.98 Å². The number of halogens is 2. The second-order valence-corrected chi connectivity index (χ2v) is 8.24. The zero-order valence-corrected chi connectivity index (χ0v) is 18.4. The van der Waals surface area contributed by atoms with E-state index in [0.717, 1.165) is 34.4 Å². The van der Waals surface area contributed by atoms with E-state index in [2.05, 4.69) is 4.98 Å². The summed E-state index contributed by atoms with van der Waals surface area (Å²) in [5.74, 6) is -2.30. The third-order valence-corrected chi connectivity index (χ3v) is 5.95. The van der Waals surface area contributed by atoms with Gasteiger partial charge in [-0.15, -0.1) is 11.3 Å². The first-order valence-corrected chi connectivity index (χ1v) is 11.1. The molecule has 0 spiro atoms. The van der Waals surface area contributed by atoms with Crippen molar-refractivity contribution in [3.05, 3.63) is 76.8 Å². The van der Waals surface area contributed by atoms with Crippen LogP contribution in [0.3, 0.4) is 0 Å². The standard InChI is InChI=1S/C24H19F2N3O3S/c1-15(30)29(21-10-6-17(25)13-20(21)26)24-27-18(14-33-24)7-11-22(31)16-4-8-19(9-5-16)28-12-2-3-23(28)32/h4-11,13-14H,2-3,12H2,1H3/b11-7+. The van der Waals surface area contributed by atoms with Gasteiger partial charge in [0, 0.05) is 42.6 Å². The van der Waals surface area contributed by atoms with E-state index in [-0.39, 0.29) is 22.5 Å². The zero-order chi connectivity index (χ0) is 23.5. The molecular formula is C24H19F2N3O3S. The fourth-order valence-corrected chi connectivity index (χ4v) is 4.36. The Bertz CT molecular complexity index is 1250. The molecule has 1 aliphatic rings. The summed E-state index contributed by atoms with van der Waals surface area (Å²) >= 11 is 1.09. The van der Waals surface area contributed by atoms with E-state index in [1.165, 1.54) is 25.1 Å². The van der Waals surface area contributed by atoms with E-state index in [1.807, 2.05) is 0 Å². The van der Waals surface area contributed by atoms with Crippen LogP contribution >= 0.6 is 11.3 Å². The number of nitrogens with zero attached hydrogens (tertiary/aromatic N) is 3. The van der Waals surface area contributed by atoms with Gasteiger partial charge in [0.05, 0.1) is 11.4 Å². The molecule has 0 saturated carbocycles. The van der Waals surface area contributed by atoms with Crippen molar-refractivity contribution in [2.45, 2.75) is 19.8 Å². The molecule has 1 saturated heterocycles. The van der Waals surface area contributed by atoms with Crippen molar-refractivity contribution < 1.29 is 23.2 Å². The third-order valence-electron chi connectivity index (χ3n) is 5.11. The fraction of sp³-hybridized carbons (Fsp3) is 0.167. The molecule has 0 unspecified atom stereocenters. The number of allylic oxidation sites excluding steroid dienone is 1. The molecular weight excluding hydrogens is 448 g/mol. The second kappa shape index (κ2) is 9.41. The number of thiazole rings is 1. The lowest BCUT2D eigenvalue weighted by Gasteiger charge is -2.18. The molecule has 33 heavy (non-hydrogen) atoms. The van der Waals surface area contributed by atoms with Gasteiger partial charge in [0.1, 0.15) is 11.6 Å². The van der Waals surface area contributed by atoms with Gasteiger partial charge in [-0.25, -0.2) is 13.8 Å². The van der Waals surface area contributed by atoms with E-state index in [4.69, 9.17) is 0 Å². The normalized spacial score (nSPS) is 13.7. The minimum atomic E-state index is -0.883. The van der Waals surface area contributed by atoms with Crippen molar-refractivity contribution >= 4 is 51.5 Å². The Kier molecular flexibility index (Phi) is 6.41. The van der Waals surface area contributed by atoms with Crippen LogP contribution in [0.2, 0.25) is 0 Å². The summed E-state index contributed by atoms with van der Waals surface area (Å²) in [4.78, 5) is 43.5. The lowest BCUT2D eigenvalue weighted by atomic mass is 10.1. The molecule has 1 aromatic heterocycles. The molecule has 0 aliphatic carbocycles. The summed E-state index contributed by atoms with van der Waals surface area (Å²) in [7, 11) is 0. The first-order chi connectivity index (χ1) is 15.8. The van der Waals surface area contributed by atoms with Crippen molar-refractivity contribution in [1.29, 1.82) is 0 Å². The number of benzene rings is 2. The maximum atomic E-state index is 14.2. The predicted octanol–water partition coefficient (Wildman–Crippen LogP) is 5.13. The van der Waals surface area contributed by atoms with E-state index in [9.17, 15) is 23.2 Å². The van der Waals surface area contributed by atoms with Crippen molar-refractivity contribution in [2.24, 2.45) is 0 Å². The number of ketones is 1. The summed E-state index contributed by atoms with van der Waals surface area (Å²) in [6.45, 7) is 1.93. The molecule has 2 heterocycles. The van der Waals surface area contributed by atoms with Crippen LogP contribution in [0, 0.1) is 11.6 Å². The highest BCUT2D eigenvalue weighted by molar-refractivity contribution is 7.14. The molecule has 1 fully saturated rings. The number of hydrogen-bond donors (Lipinski definition) is 0. The average molecular weight is 467 g/mol. The van der Waals surface area contributed by atoms with Gasteiger partial charge in [0.25, 0.3) is 0 Å². The van der Waals surface area contributed by atoms with Gasteiger partial charge in [-0.2, -0.15) is 0 Å². The Morgan fingerprint density at radius 3 is 2.55 bits per heavy atom. The van der Waals surface area contributed by atoms with Crippen LogP contribution in [0.5, 0.6) is 0 Å². The van der Waals surface area contributed by atoms with Crippen molar-refractivity contribution in [3.63, 3.8) is 0 Å². The number of anilines is 3. The number of amides is 2. The topological polar surface area (TPSA) is 70.6 Å². The Balaban J connectivity index is 1.49. The molecule has 1 aliphatic heterocycles. The van der Waals surface area contributed by atoms with Gasteiger partial charge in [0.15, 0.2) is 10.9 Å². The molecule has 2 amide bonds. The quantitative estimate of drug-likeness (QED) is 0.372. The number of carbonyl (C=O) groups excluding carboxylic acids is 3. The summed E-state index contributed by atoms with van der Waals surface area (Å²) in [6.07, 6.45) is 4.21. The molecule has 0 N–H and O–H groups in total. The molecule has 0 bridgehead atoms. The van der Waals surface area contributed by atoms with Crippen LogP contribution in [0.15, 0.2) is 53.9 Å². The van der Waals surface area contributed by atoms with Gasteiger partial charge in [-0.3, -0.25) is 19.3 Å². The number of carbonyl (C=O) groups is 3. The summed E-state index contributed by atoms with van der Waals surface area (Å²) in [6, 6.07) is 9.74. The van der Waals surface area contributed by atoms with Crippen LogP contribution in [-0.4, -0.2) is 29.1 Å². The number of aromatic nitrogens is 1. The Morgan fingerprint density at radius 1 is 1.15 bits per heavy atom. The minimum absolute atomic E-state index is 0.0773. The second-order valence-electron chi connectivity index (χ2n) is 7.40. The van der Waals surface area contributed by atoms with Crippen molar-refractivity contribution in [3.8, 4) is 0 Å². The predicted molar refractivity (Wildman–Crippen MR) is 123 cm³/mol. The Labute approximate surface area is 192 Å². The lowest BCUT2D eigenvalue weighted by molar-refractivity contribution is -0.117. The fourth-order valence-electron chi connectivity index (χ4n) is 3.51. The minimum Gasteiger partial charge on any atom is -0.312 e. The van der Waals surface area contributed by atoms with Crippen LogP contribution in [-0.2, 0) is 9.59 Å². The summed E-state index contributed by atoms with van der Waals surface area (Å²) < 4.78 is 27.4. The Morgan fingerprint density at radius 2 is 1.91 bits per heavy atom. The van der Waals surface area contributed by atoms with E-state index in [0.29, 0.717) is 30.3 Å². The monoisotopic (exact) mass is 467 g/mol. The summed E-state index contributed by atoms with van der Waals surface area (Å²) in [5.41, 5.74) is 1.52. The molecule has 9 heteroatoms. The van der Waals surface area contributed by atoms with Gasteiger partial charge in [-0.1, -0.05) is 0 Å². The Hall–Kier alpha value is -3.72. The maximum absolute atomic E-state index is 14.2.